The number of benzene rings is 1. The highest BCUT2D eigenvalue weighted by molar-refractivity contribution is 5.74. The van der Waals surface area contributed by atoms with E-state index in [2.05, 4.69) is 5.48 Å². The van der Waals surface area contributed by atoms with Crippen molar-refractivity contribution in [3.8, 4) is 0 Å². The number of hydrogen-bond acceptors (Lipinski definition) is 4. The first-order valence-corrected chi connectivity index (χ1v) is 5.45. The zero-order valence-corrected chi connectivity index (χ0v) is 9.70. The molecule has 0 heterocycles. The lowest BCUT2D eigenvalue weighted by atomic mass is 10.2. The molecule has 1 aromatic rings. The summed E-state index contributed by atoms with van der Waals surface area (Å²) < 4.78 is 0. The van der Waals surface area contributed by atoms with Gasteiger partial charge in [0.2, 0.25) is 0 Å². The maximum Gasteiger partial charge on any atom is 0.323 e. The number of carboxylic acid groups (broad SMARTS) is 2. The zero-order chi connectivity index (χ0) is 13.4. The highest BCUT2D eigenvalue weighted by Crippen LogP contribution is 2.02. The van der Waals surface area contributed by atoms with E-state index in [0.717, 1.165) is 5.56 Å². The van der Waals surface area contributed by atoms with E-state index in [9.17, 15) is 9.59 Å². The lowest BCUT2D eigenvalue weighted by Crippen LogP contribution is -2.37. The molecule has 6 heteroatoms. The van der Waals surface area contributed by atoms with Gasteiger partial charge in [-0.25, -0.2) is 0 Å². The van der Waals surface area contributed by atoms with Gasteiger partial charge in [0.25, 0.3) is 0 Å². The molecule has 0 aromatic heterocycles. The molecule has 0 aliphatic rings. The zero-order valence-electron chi connectivity index (χ0n) is 9.70. The lowest BCUT2D eigenvalue weighted by Gasteiger charge is -2.13. The number of hydrogen-bond donors (Lipinski definition) is 3. The summed E-state index contributed by atoms with van der Waals surface area (Å²) in [6.45, 7) is 0.220. The summed E-state index contributed by atoms with van der Waals surface area (Å²) in [6.07, 6.45) is -0.252. The van der Waals surface area contributed by atoms with Crippen LogP contribution in [0.25, 0.3) is 0 Å². The second-order valence-corrected chi connectivity index (χ2v) is 3.72. The van der Waals surface area contributed by atoms with E-state index in [0.29, 0.717) is 0 Å². The third-order valence-electron chi connectivity index (χ3n) is 2.25. The van der Waals surface area contributed by atoms with Gasteiger partial charge in [0.15, 0.2) is 0 Å². The molecule has 0 unspecified atom stereocenters. The Bertz CT molecular complexity index is 393. The van der Waals surface area contributed by atoms with E-state index in [-0.39, 0.29) is 19.4 Å². The summed E-state index contributed by atoms with van der Waals surface area (Å²) in [5.74, 6) is -2.17. The second kappa shape index (κ2) is 7.41. The molecule has 3 N–H and O–H groups in total. The standard InChI is InChI=1S/C12H15NO5/c14-11(15)7-6-10(12(16)17)13-18-8-9-4-2-1-3-5-9/h1-5,10,13H,6-8H2,(H,14,15)(H,16,17)/t10-/m0/s1. The average molecular weight is 253 g/mol. The molecule has 1 rings (SSSR count). The normalized spacial score (nSPS) is 12.0. The van der Waals surface area contributed by atoms with E-state index in [1.807, 2.05) is 30.3 Å². The van der Waals surface area contributed by atoms with Crippen molar-refractivity contribution < 1.29 is 24.6 Å². The Morgan fingerprint density at radius 1 is 1.22 bits per heavy atom. The number of hydroxylamine groups is 1. The van der Waals surface area contributed by atoms with Crippen LogP contribution in [0.15, 0.2) is 30.3 Å². The fourth-order valence-electron chi connectivity index (χ4n) is 1.30. The first kappa shape index (κ1) is 14.1. The average Bonchev–Trinajstić information content (AvgIpc) is 2.34. The van der Waals surface area contributed by atoms with Crippen molar-refractivity contribution in [1.82, 2.24) is 5.48 Å². The van der Waals surface area contributed by atoms with Gasteiger partial charge in [-0.05, 0) is 12.0 Å². The summed E-state index contributed by atoms with van der Waals surface area (Å²) in [6, 6.07) is 8.22. The molecule has 0 bridgehead atoms. The van der Waals surface area contributed by atoms with Gasteiger partial charge in [-0.2, -0.15) is 5.48 Å². The molecule has 6 nitrogen and oxygen atoms in total. The summed E-state index contributed by atoms with van der Waals surface area (Å²) in [5.41, 5.74) is 3.26. The van der Waals surface area contributed by atoms with Crippen molar-refractivity contribution in [2.24, 2.45) is 0 Å². The Labute approximate surface area is 104 Å². The van der Waals surface area contributed by atoms with Crippen molar-refractivity contribution in [2.75, 3.05) is 0 Å². The van der Waals surface area contributed by atoms with E-state index in [1.54, 1.807) is 0 Å². The number of rotatable bonds is 8. The van der Waals surface area contributed by atoms with Crippen molar-refractivity contribution in [3.05, 3.63) is 35.9 Å². The summed E-state index contributed by atoms with van der Waals surface area (Å²) in [7, 11) is 0. The molecule has 98 valence electrons. The minimum Gasteiger partial charge on any atom is -0.481 e. The van der Waals surface area contributed by atoms with Crippen molar-refractivity contribution in [2.45, 2.75) is 25.5 Å². The Hall–Kier alpha value is -1.92. The molecule has 0 amide bonds. The fourth-order valence-corrected chi connectivity index (χ4v) is 1.30. The maximum absolute atomic E-state index is 10.8. The van der Waals surface area contributed by atoms with E-state index < -0.39 is 18.0 Å². The topological polar surface area (TPSA) is 95.9 Å². The van der Waals surface area contributed by atoms with Crippen LogP contribution in [0.3, 0.4) is 0 Å². The van der Waals surface area contributed by atoms with Crippen LogP contribution in [0.4, 0.5) is 0 Å². The van der Waals surface area contributed by atoms with Crippen molar-refractivity contribution >= 4 is 11.9 Å². The summed E-state index contributed by atoms with van der Waals surface area (Å²) in [5, 5.41) is 17.3. The maximum atomic E-state index is 10.8. The molecule has 0 spiro atoms. The third-order valence-corrected chi connectivity index (χ3v) is 2.25. The first-order valence-electron chi connectivity index (χ1n) is 5.45. The molecular weight excluding hydrogens is 238 g/mol. The number of nitrogens with one attached hydrogen (secondary N) is 1. The number of carbonyl (C=O) groups is 2. The Morgan fingerprint density at radius 3 is 2.44 bits per heavy atom. The SMILES string of the molecule is O=C(O)CC[C@H](NOCc1ccccc1)C(=O)O. The smallest absolute Gasteiger partial charge is 0.323 e. The monoisotopic (exact) mass is 253 g/mol. The molecule has 1 atom stereocenters. The molecule has 0 radical (unpaired) electrons. The quantitative estimate of drug-likeness (QED) is 0.599. The largest absolute Gasteiger partial charge is 0.481 e. The van der Waals surface area contributed by atoms with Gasteiger partial charge < -0.3 is 10.2 Å². The predicted molar refractivity (Wildman–Crippen MR) is 62.7 cm³/mol. The van der Waals surface area contributed by atoms with Crippen LogP contribution in [-0.4, -0.2) is 28.2 Å². The molecule has 0 aliphatic heterocycles. The van der Waals surface area contributed by atoms with Gasteiger partial charge in [-0.3, -0.25) is 14.4 Å². The molecule has 0 saturated heterocycles. The van der Waals surface area contributed by atoms with Crippen molar-refractivity contribution in [1.29, 1.82) is 0 Å². The molecule has 0 saturated carbocycles. The highest BCUT2D eigenvalue weighted by atomic mass is 16.6. The molecule has 18 heavy (non-hydrogen) atoms. The van der Waals surface area contributed by atoms with E-state index >= 15 is 0 Å². The molecule has 0 fully saturated rings. The van der Waals surface area contributed by atoms with Gasteiger partial charge in [0, 0.05) is 6.42 Å². The van der Waals surface area contributed by atoms with Crippen molar-refractivity contribution in [3.63, 3.8) is 0 Å². The summed E-state index contributed by atoms with van der Waals surface area (Å²) in [4.78, 5) is 26.2. The van der Waals surface area contributed by atoms with Crippen LogP contribution >= 0.6 is 0 Å². The van der Waals surface area contributed by atoms with Gasteiger partial charge in [-0.15, -0.1) is 0 Å². The molecule has 1 aromatic carbocycles. The Morgan fingerprint density at radius 2 is 1.89 bits per heavy atom. The van der Waals surface area contributed by atoms with Crippen LogP contribution < -0.4 is 5.48 Å². The minimum atomic E-state index is -1.13. The van der Waals surface area contributed by atoms with Gasteiger partial charge in [0.05, 0.1) is 6.61 Å². The van der Waals surface area contributed by atoms with Gasteiger partial charge >= 0.3 is 11.9 Å². The minimum absolute atomic E-state index is 0.0283. The molecule has 0 aliphatic carbocycles. The van der Waals surface area contributed by atoms with Crippen LogP contribution in [0.5, 0.6) is 0 Å². The predicted octanol–water partition coefficient (Wildman–Crippen LogP) is 1.03. The first-order chi connectivity index (χ1) is 8.59. The number of aliphatic carboxylic acids is 2. The summed E-state index contributed by atoms with van der Waals surface area (Å²) >= 11 is 0. The van der Waals surface area contributed by atoms with E-state index in [1.165, 1.54) is 0 Å². The Kier molecular flexibility index (Phi) is 5.83. The van der Waals surface area contributed by atoms with Crippen LogP contribution in [0.1, 0.15) is 18.4 Å². The van der Waals surface area contributed by atoms with Crippen LogP contribution in [0, 0.1) is 0 Å². The Balaban J connectivity index is 2.34. The fraction of sp³-hybridized carbons (Fsp3) is 0.333. The van der Waals surface area contributed by atoms with Gasteiger partial charge in [-0.1, -0.05) is 30.3 Å². The van der Waals surface area contributed by atoms with Crippen LogP contribution in [-0.2, 0) is 21.0 Å². The third kappa shape index (κ3) is 5.42. The van der Waals surface area contributed by atoms with Gasteiger partial charge in [0.1, 0.15) is 6.04 Å². The number of carboxylic acids is 2. The highest BCUT2D eigenvalue weighted by Gasteiger charge is 2.18. The van der Waals surface area contributed by atoms with Crippen LogP contribution in [0.2, 0.25) is 0 Å². The lowest BCUT2D eigenvalue weighted by molar-refractivity contribution is -0.145. The molecular formula is C12H15NO5. The second-order valence-electron chi connectivity index (χ2n) is 3.72. The van der Waals surface area contributed by atoms with E-state index in [4.69, 9.17) is 15.1 Å².